The zero-order valence-corrected chi connectivity index (χ0v) is 7.58. The number of hydrogen-bond acceptors (Lipinski definition) is 4. The zero-order valence-electron chi connectivity index (χ0n) is 6.69. The highest BCUT2D eigenvalue weighted by atomic mass is 32.1. The van der Waals surface area contributed by atoms with Gasteiger partial charge in [-0.3, -0.25) is 10.1 Å². The van der Waals surface area contributed by atoms with E-state index in [4.69, 9.17) is 4.74 Å². The van der Waals surface area contributed by atoms with Gasteiger partial charge in [0.2, 0.25) is 5.75 Å². The number of benzene rings is 1. The Morgan fingerprint density at radius 2 is 2.31 bits per heavy atom. The standard InChI is InChI=1S/C8H7NO3S/c10-9(11)6-1-2-7(13)5-3-4-12-8(5)6/h1-2,13H,3-4H2. The van der Waals surface area contributed by atoms with Gasteiger partial charge in [0.15, 0.2) is 0 Å². The van der Waals surface area contributed by atoms with Gasteiger partial charge in [-0.25, -0.2) is 0 Å². The summed E-state index contributed by atoms with van der Waals surface area (Å²) in [7, 11) is 0. The van der Waals surface area contributed by atoms with Crippen molar-refractivity contribution in [2.45, 2.75) is 11.3 Å². The molecular weight excluding hydrogens is 190 g/mol. The van der Waals surface area contributed by atoms with Gasteiger partial charge in [0.25, 0.3) is 0 Å². The van der Waals surface area contributed by atoms with Crippen molar-refractivity contribution >= 4 is 18.3 Å². The Hall–Kier alpha value is -1.23. The summed E-state index contributed by atoms with van der Waals surface area (Å²) in [6, 6.07) is 3.06. The molecule has 0 N–H and O–H groups in total. The Labute approximate surface area is 80.1 Å². The van der Waals surface area contributed by atoms with E-state index in [2.05, 4.69) is 12.6 Å². The molecule has 13 heavy (non-hydrogen) atoms. The summed E-state index contributed by atoms with van der Waals surface area (Å²) in [5.74, 6) is 0.387. The van der Waals surface area contributed by atoms with Crippen molar-refractivity contribution < 1.29 is 9.66 Å². The quantitative estimate of drug-likeness (QED) is 0.424. The predicted octanol–water partition coefficient (Wildman–Crippen LogP) is 1.82. The summed E-state index contributed by atoms with van der Waals surface area (Å²) < 4.78 is 5.18. The Bertz CT molecular complexity index is 378. The second kappa shape index (κ2) is 2.92. The summed E-state index contributed by atoms with van der Waals surface area (Å²) >= 11 is 4.20. The molecule has 0 saturated carbocycles. The van der Waals surface area contributed by atoms with E-state index in [1.54, 1.807) is 6.07 Å². The van der Waals surface area contributed by atoms with Crippen LogP contribution in [0.3, 0.4) is 0 Å². The first-order valence-corrected chi connectivity index (χ1v) is 4.27. The minimum absolute atomic E-state index is 0.0327. The number of ether oxygens (including phenoxy) is 1. The number of thiol groups is 1. The summed E-state index contributed by atoms with van der Waals surface area (Å²) in [6.07, 6.45) is 0.704. The molecule has 0 radical (unpaired) electrons. The van der Waals surface area contributed by atoms with Gasteiger partial charge in [-0.1, -0.05) is 0 Å². The van der Waals surface area contributed by atoms with E-state index in [0.29, 0.717) is 18.8 Å². The third-order valence-electron chi connectivity index (χ3n) is 2.01. The number of nitrogens with zero attached hydrogens (tertiary/aromatic N) is 1. The van der Waals surface area contributed by atoms with Crippen LogP contribution in [0, 0.1) is 10.1 Å². The van der Waals surface area contributed by atoms with Gasteiger partial charge in [0.1, 0.15) is 0 Å². The van der Waals surface area contributed by atoms with Crippen LogP contribution < -0.4 is 4.74 Å². The molecule has 0 unspecified atom stereocenters. The summed E-state index contributed by atoms with van der Waals surface area (Å²) in [5, 5.41) is 10.6. The molecule has 4 nitrogen and oxygen atoms in total. The molecule has 68 valence electrons. The molecule has 0 atom stereocenters. The molecule has 1 aromatic rings. The van der Waals surface area contributed by atoms with Crippen LogP contribution in [0.15, 0.2) is 17.0 Å². The lowest BCUT2D eigenvalue weighted by Crippen LogP contribution is -1.93. The van der Waals surface area contributed by atoms with Crippen LogP contribution in [0.25, 0.3) is 0 Å². The maximum absolute atomic E-state index is 10.6. The first kappa shape index (κ1) is 8.37. The third kappa shape index (κ3) is 1.25. The van der Waals surface area contributed by atoms with Crippen molar-refractivity contribution in [3.05, 3.63) is 27.8 Å². The van der Waals surface area contributed by atoms with E-state index >= 15 is 0 Å². The predicted molar refractivity (Wildman–Crippen MR) is 49.5 cm³/mol. The van der Waals surface area contributed by atoms with E-state index in [-0.39, 0.29) is 5.69 Å². The summed E-state index contributed by atoms with van der Waals surface area (Å²) in [5.41, 5.74) is 0.878. The van der Waals surface area contributed by atoms with Crippen LogP contribution >= 0.6 is 12.6 Å². The fourth-order valence-electron chi connectivity index (χ4n) is 1.41. The van der Waals surface area contributed by atoms with Crippen LogP contribution in [0.4, 0.5) is 5.69 Å². The average molecular weight is 197 g/mol. The highest BCUT2D eigenvalue weighted by molar-refractivity contribution is 7.80. The van der Waals surface area contributed by atoms with Crippen LogP contribution in [-0.4, -0.2) is 11.5 Å². The largest absolute Gasteiger partial charge is 0.486 e. The van der Waals surface area contributed by atoms with Crippen LogP contribution in [-0.2, 0) is 6.42 Å². The lowest BCUT2D eigenvalue weighted by molar-refractivity contribution is -0.385. The third-order valence-corrected chi connectivity index (χ3v) is 2.43. The smallest absolute Gasteiger partial charge is 0.311 e. The maximum Gasteiger partial charge on any atom is 0.311 e. The molecular formula is C8H7NO3S. The van der Waals surface area contributed by atoms with E-state index < -0.39 is 4.92 Å². The molecule has 1 aromatic carbocycles. The van der Waals surface area contributed by atoms with Crippen molar-refractivity contribution in [3.8, 4) is 5.75 Å². The number of nitro benzene ring substituents is 1. The fourth-order valence-corrected chi connectivity index (χ4v) is 1.69. The molecule has 0 spiro atoms. The minimum atomic E-state index is -0.433. The topological polar surface area (TPSA) is 52.4 Å². The van der Waals surface area contributed by atoms with Gasteiger partial charge in [-0.2, -0.15) is 0 Å². The number of fused-ring (bicyclic) bond motifs is 1. The molecule has 0 amide bonds. The van der Waals surface area contributed by atoms with E-state index in [0.717, 1.165) is 10.5 Å². The average Bonchev–Trinajstić information content (AvgIpc) is 2.53. The summed E-state index contributed by atoms with van der Waals surface area (Å²) in [4.78, 5) is 10.9. The summed E-state index contributed by atoms with van der Waals surface area (Å²) in [6.45, 7) is 0.508. The molecule has 0 bridgehead atoms. The van der Waals surface area contributed by atoms with Crippen molar-refractivity contribution in [1.29, 1.82) is 0 Å². The van der Waals surface area contributed by atoms with Gasteiger partial charge in [0.05, 0.1) is 11.5 Å². The van der Waals surface area contributed by atoms with Gasteiger partial charge < -0.3 is 4.74 Å². The monoisotopic (exact) mass is 197 g/mol. The van der Waals surface area contributed by atoms with Gasteiger partial charge in [-0.15, -0.1) is 12.6 Å². The highest BCUT2D eigenvalue weighted by Crippen LogP contribution is 2.38. The molecule has 1 aliphatic heterocycles. The molecule has 2 rings (SSSR count). The van der Waals surface area contributed by atoms with E-state index in [1.807, 2.05) is 0 Å². The van der Waals surface area contributed by atoms with Gasteiger partial charge >= 0.3 is 5.69 Å². The maximum atomic E-state index is 10.6. The van der Waals surface area contributed by atoms with Crippen LogP contribution in [0.5, 0.6) is 5.75 Å². The highest BCUT2D eigenvalue weighted by Gasteiger charge is 2.25. The van der Waals surface area contributed by atoms with E-state index in [9.17, 15) is 10.1 Å². The number of hydrogen-bond donors (Lipinski definition) is 1. The molecule has 5 heteroatoms. The molecule has 0 fully saturated rings. The zero-order chi connectivity index (χ0) is 9.42. The normalized spacial score (nSPS) is 13.6. The SMILES string of the molecule is O=[N+]([O-])c1ccc(S)c2c1OCC2. The Kier molecular flexibility index (Phi) is 1.88. The second-order valence-corrected chi connectivity index (χ2v) is 3.25. The number of rotatable bonds is 1. The molecule has 0 aromatic heterocycles. The molecule has 0 aliphatic carbocycles. The molecule has 1 aliphatic rings. The fraction of sp³-hybridized carbons (Fsp3) is 0.250. The van der Waals surface area contributed by atoms with Crippen molar-refractivity contribution in [3.63, 3.8) is 0 Å². The Morgan fingerprint density at radius 1 is 1.54 bits per heavy atom. The van der Waals surface area contributed by atoms with Crippen molar-refractivity contribution in [1.82, 2.24) is 0 Å². The Balaban J connectivity index is 2.62. The second-order valence-electron chi connectivity index (χ2n) is 2.77. The number of nitro groups is 1. The minimum Gasteiger partial charge on any atom is -0.486 e. The molecule has 1 heterocycles. The first-order chi connectivity index (χ1) is 6.20. The first-order valence-electron chi connectivity index (χ1n) is 3.82. The van der Waals surface area contributed by atoms with Gasteiger partial charge in [-0.05, 0) is 6.07 Å². The van der Waals surface area contributed by atoms with Crippen LogP contribution in [0.2, 0.25) is 0 Å². The van der Waals surface area contributed by atoms with Crippen molar-refractivity contribution in [2.75, 3.05) is 6.61 Å². The lowest BCUT2D eigenvalue weighted by Gasteiger charge is -2.01. The molecule has 0 saturated heterocycles. The van der Waals surface area contributed by atoms with Gasteiger partial charge in [0, 0.05) is 22.9 Å². The van der Waals surface area contributed by atoms with Crippen LogP contribution in [0.1, 0.15) is 5.56 Å². The van der Waals surface area contributed by atoms with Crippen molar-refractivity contribution in [2.24, 2.45) is 0 Å². The Morgan fingerprint density at radius 3 is 3.00 bits per heavy atom. The van der Waals surface area contributed by atoms with E-state index in [1.165, 1.54) is 6.07 Å². The lowest BCUT2D eigenvalue weighted by atomic mass is 10.1.